The molecule has 0 aromatic heterocycles. The molecule has 1 amide bonds. The number of rotatable bonds is 2. The lowest BCUT2D eigenvalue weighted by Crippen LogP contribution is -2.42. The highest BCUT2D eigenvalue weighted by atomic mass is 35.5. The molecule has 2 aromatic carbocycles. The minimum atomic E-state index is -1.14. The van der Waals surface area contributed by atoms with Crippen LogP contribution in [0.2, 0.25) is 5.02 Å². The summed E-state index contributed by atoms with van der Waals surface area (Å²) in [4.78, 5) is 15.4. The second-order valence-electron chi connectivity index (χ2n) is 5.85. The van der Waals surface area contributed by atoms with Gasteiger partial charge in [0.05, 0.1) is 6.61 Å². The minimum Gasteiger partial charge on any atom is -0.465 e. The summed E-state index contributed by atoms with van der Waals surface area (Å²) in [6.07, 6.45) is -1.14. The number of halogens is 1. The Morgan fingerprint density at radius 2 is 1.96 bits per heavy atom. The monoisotopic (exact) mass is 344 g/mol. The van der Waals surface area contributed by atoms with Gasteiger partial charge in [0, 0.05) is 5.02 Å². The SMILES string of the molecule is CC1(c2cccc(-c3cccc(Cl)c3)c2)COCC(NC(=O)O)=N1. The summed E-state index contributed by atoms with van der Waals surface area (Å²) in [6.45, 7) is 2.47. The van der Waals surface area contributed by atoms with E-state index in [-0.39, 0.29) is 6.61 Å². The van der Waals surface area contributed by atoms with Gasteiger partial charge in [0.15, 0.2) is 0 Å². The minimum absolute atomic E-state index is 0.163. The van der Waals surface area contributed by atoms with Crippen molar-refractivity contribution in [2.75, 3.05) is 13.2 Å². The van der Waals surface area contributed by atoms with Gasteiger partial charge in [-0.1, -0.05) is 41.9 Å². The molecule has 0 fully saturated rings. The van der Waals surface area contributed by atoms with Gasteiger partial charge in [0.1, 0.15) is 18.0 Å². The van der Waals surface area contributed by atoms with Crippen LogP contribution < -0.4 is 5.32 Å². The molecule has 2 aromatic rings. The van der Waals surface area contributed by atoms with Crippen LogP contribution in [-0.4, -0.2) is 30.2 Å². The fraction of sp³-hybridized carbons (Fsp3) is 0.222. The average molecular weight is 345 g/mol. The molecule has 0 saturated heterocycles. The van der Waals surface area contributed by atoms with Crippen LogP contribution in [0.5, 0.6) is 0 Å². The second kappa shape index (κ2) is 6.63. The first kappa shape index (κ1) is 16.5. The predicted molar refractivity (Wildman–Crippen MR) is 93.7 cm³/mol. The molecule has 124 valence electrons. The van der Waals surface area contributed by atoms with Crippen LogP contribution in [0.15, 0.2) is 53.5 Å². The molecule has 1 aliphatic rings. The van der Waals surface area contributed by atoms with E-state index in [9.17, 15) is 4.79 Å². The third-order valence-electron chi connectivity index (χ3n) is 3.90. The Kier molecular flexibility index (Phi) is 4.55. The van der Waals surface area contributed by atoms with E-state index < -0.39 is 11.6 Å². The van der Waals surface area contributed by atoms with Crippen molar-refractivity contribution < 1.29 is 14.6 Å². The van der Waals surface area contributed by atoms with E-state index in [0.717, 1.165) is 16.7 Å². The van der Waals surface area contributed by atoms with Crippen molar-refractivity contribution in [3.63, 3.8) is 0 Å². The van der Waals surface area contributed by atoms with Gasteiger partial charge in [-0.3, -0.25) is 10.3 Å². The molecule has 0 radical (unpaired) electrons. The van der Waals surface area contributed by atoms with E-state index in [2.05, 4.69) is 10.3 Å². The van der Waals surface area contributed by atoms with Crippen LogP contribution in [0.25, 0.3) is 11.1 Å². The Labute approximate surface area is 144 Å². The lowest BCUT2D eigenvalue weighted by atomic mass is 9.90. The van der Waals surface area contributed by atoms with Gasteiger partial charge >= 0.3 is 6.09 Å². The van der Waals surface area contributed by atoms with E-state index in [4.69, 9.17) is 21.4 Å². The van der Waals surface area contributed by atoms with Gasteiger partial charge in [0.2, 0.25) is 0 Å². The second-order valence-corrected chi connectivity index (χ2v) is 6.28. The van der Waals surface area contributed by atoms with E-state index in [0.29, 0.717) is 17.5 Å². The number of ether oxygens (including phenoxy) is 1. The Morgan fingerprint density at radius 3 is 2.67 bits per heavy atom. The fourth-order valence-corrected chi connectivity index (χ4v) is 2.94. The van der Waals surface area contributed by atoms with E-state index in [1.54, 1.807) is 0 Å². The zero-order chi connectivity index (χ0) is 17.2. The van der Waals surface area contributed by atoms with Gasteiger partial charge < -0.3 is 9.84 Å². The molecule has 5 nitrogen and oxygen atoms in total. The Bertz CT molecular complexity index is 806. The number of hydrogen-bond acceptors (Lipinski definition) is 3. The van der Waals surface area contributed by atoms with Gasteiger partial charge in [-0.15, -0.1) is 0 Å². The molecule has 1 aliphatic heterocycles. The van der Waals surface area contributed by atoms with Crippen LogP contribution in [0, 0.1) is 0 Å². The number of carboxylic acid groups (broad SMARTS) is 1. The Balaban J connectivity index is 1.97. The number of benzene rings is 2. The van der Waals surface area contributed by atoms with E-state index in [1.807, 2.05) is 55.5 Å². The quantitative estimate of drug-likeness (QED) is 0.867. The van der Waals surface area contributed by atoms with Crippen molar-refractivity contribution in [2.24, 2.45) is 4.99 Å². The van der Waals surface area contributed by atoms with Gasteiger partial charge in [-0.2, -0.15) is 0 Å². The maximum Gasteiger partial charge on any atom is 0.410 e. The third-order valence-corrected chi connectivity index (χ3v) is 4.13. The standard InChI is InChI=1S/C18H17ClN2O3/c1-18(11-24-10-16(21-18)20-17(22)23)14-6-2-4-12(8-14)13-5-3-7-15(19)9-13/h2-9H,10-11H2,1H3,(H,20,21)(H,22,23). The van der Waals surface area contributed by atoms with Crippen molar-refractivity contribution in [3.8, 4) is 11.1 Å². The van der Waals surface area contributed by atoms with Crippen molar-refractivity contribution in [2.45, 2.75) is 12.5 Å². The van der Waals surface area contributed by atoms with E-state index in [1.165, 1.54) is 0 Å². The lowest BCUT2D eigenvalue weighted by Gasteiger charge is -2.31. The topological polar surface area (TPSA) is 70.9 Å². The van der Waals surface area contributed by atoms with Crippen molar-refractivity contribution in [1.29, 1.82) is 0 Å². The summed E-state index contributed by atoms with van der Waals surface area (Å²) in [5, 5.41) is 11.8. The van der Waals surface area contributed by atoms with E-state index >= 15 is 0 Å². The number of aliphatic imine (C=N–C) groups is 1. The molecule has 2 N–H and O–H groups in total. The van der Waals surface area contributed by atoms with Crippen molar-refractivity contribution in [1.82, 2.24) is 5.32 Å². The fourth-order valence-electron chi connectivity index (χ4n) is 2.75. The highest BCUT2D eigenvalue weighted by molar-refractivity contribution is 6.30. The zero-order valence-electron chi connectivity index (χ0n) is 13.1. The lowest BCUT2D eigenvalue weighted by molar-refractivity contribution is 0.104. The number of hydrogen-bond donors (Lipinski definition) is 2. The molecule has 0 bridgehead atoms. The molecule has 1 heterocycles. The number of nitrogens with one attached hydrogen (secondary N) is 1. The molecule has 3 rings (SSSR count). The molecular weight excluding hydrogens is 328 g/mol. The molecule has 0 spiro atoms. The molecule has 24 heavy (non-hydrogen) atoms. The third kappa shape index (κ3) is 3.58. The molecular formula is C18H17ClN2O3. The number of amides is 1. The Morgan fingerprint density at radius 1 is 1.25 bits per heavy atom. The number of nitrogens with zero attached hydrogens (tertiary/aromatic N) is 1. The van der Waals surface area contributed by atoms with Gasteiger partial charge in [-0.05, 0) is 41.8 Å². The highest BCUT2D eigenvalue weighted by Gasteiger charge is 2.31. The van der Waals surface area contributed by atoms with Crippen molar-refractivity contribution in [3.05, 3.63) is 59.1 Å². The molecule has 1 unspecified atom stereocenters. The summed E-state index contributed by atoms with van der Waals surface area (Å²) in [7, 11) is 0. The molecule has 0 aliphatic carbocycles. The smallest absolute Gasteiger partial charge is 0.410 e. The first-order valence-corrected chi connectivity index (χ1v) is 7.87. The van der Waals surface area contributed by atoms with Gasteiger partial charge in [0.25, 0.3) is 0 Å². The highest BCUT2D eigenvalue weighted by Crippen LogP contribution is 2.32. The average Bonchev–Trinajstić information content (AvgIpc) is 2.54. The summed E-state index contributed by atoms with van der Waals surface area (Å²) < 4.78 is 5.54. The Hall–Kier alpha value is -2.37. The summed E-state index contributed by atoms with van der Waals surface area (Å²) in [6, 6.07) is 15.6. The van der Waals surface area contributed by atoms with Gasteiger partial charge in [-0.25, -0.2) is 4.79 Å². The molecule has 1 atom stereocenters. The number of carbonyl (C=O) groups is 1. The predicted octanol–water partition coefficient (Wildman–Crippen LogP) is 3.92. The summed E-state index contributed by atoms with van der Waals surface area (Å²) in [5.74, 6) is 0.310. The van der Waals surface area contributed by atoms with Crippen LogP contribution in [-0.2, 0) is 10.3 Å². The zero-order valence-corrected chi connectivity index (χ0v) is 13.9. The first-order chi connectivity index (χ1) is 11.5. The first-order valence-electron chi connectivity index (χ1n) is 7.49. The summed E-state index contributed by atoms with van der Waals surface area (Å²) >= 11 is 6.07. The van der Waals surface area contributed by atoms with Crippen LogP contribution in [0.1, 0.15) is 12.5 Å². The molecule has 6 heteroatoms. The normalized spacial score (nSPS) is 20.3. The summed E-state index contributed by atoms with van der Waals surface area (Å²) in [5.41, 5.74) is 2.33. The maximum atomic E-state index is 10.8. The largest absolute Gasteiger partial charge is 0.465 e. The number of amidine groups is 1. The maximum absolute atomic E-state index is 10.8. The van der Waals surface area contributed by atoms with Crippen molar-refractivity contribution >= 4 is 23.5 Å². The van der Waals surface area contributed by atoms with Crippen LogP contribution >= 0.6 is 11.6 Å². The molecule has 0 saturated carbocycles. The van der Waals surface area contributed by atoms with Crippen LogP contribution in [0.3, 0.4) is 0 Å². The van der Waals surface area contributed by atoms with Crippen LogP contribution in [0.4, 0.5) is 4.79 Å².